The molecule has 9 nitrogen and oxygen atoms in total. The molecule has 0 radical (unpaired) electrons. The predicted octanol–water partition coefficient (Wildman–Crippen LogP) is 0.342. The second-order valence-corrected chi connectivity index (χ2v) is 3.82. The molecular formula is C12H14N4O5. The molecule has 21 heavy (non-hydrogen) atoms. The van der Waals surface area contributed by atoms with Crippen LogP contribution in [0.25, 0.3) is 0 Å². The maximum Gasteiger partial charge on any atom is 0.348 e. The fourth-order valence-electron chi connectivity index (χ4n) is 1.33. The first kappa shape index (κ1) is 16.0. The number of carbonyl (C=O) groups excluding carboxylic acids is 3. The van der Waals surface area contributed by atoms with Gasteiger partial charge in [-0.2, -0.15) is 4.99 Å². The monoisotopic (exact) mass is 294 g/mol. The number of nitrogens with two attached hydrogens (primary N) is 2. The maximum absolute atomic E-state index is 11.4. The number of esters is 2. The summed E-state index contributed by atoms with van der Waals surface area (Å²) in [6.07, 6.45) is 0. The molecule has 2 amide bonds. The lowest BCUT2D eigenvalue weighted by atomic mass is 10.2. The van der Waals surface area contributed by atoms with E-state index >= 15 is 0 Å². The van der Waals surface area contributed by atoms with E-state index in [1.54, 1.807) is 0 Å². The number of hydrogen-bond donors (Lipinski definition) is 3. The van der Waals surface area contributed by atoms with E-state index in [1.807, 2.05) is 0 Å². The van der Waals surface area contributed by atoms with Crippen LogP contribution in [0.1, 0.15) is 13.8 Å². The van der Waals surface area contributed by atoms with Gasteiger partial charge in [-0.05, 0) is 12.1 Å². The molecule has 0 aliphatic rings. The molecule has 0 aliphatic carbocycles. The van der Waals surface area contributed by atoms with Crippen LogP contribution in [0.15, 0.2) is 23.2 Å². The summed E-state index contributed by atoms with van der Waals surface area (Å²) >= 11 is 0. The highest BCUT2D eigenvalue weighted by atomic mass is 16.6. The number of anilines is 1. The minimum absolute atomic E-state index is 0.0276. The van der Waals surface area contributed by atoms with E-state index in [1.165, 1.54) is 32.0 Å². The van der Waals surface area contributed by atoms with Crippen molar-refractivity contribution < 1.29 is 23.9 Å². The summed E-state index contributed by atoms with van der Waals surface area (Å²) in [5.41, 5.74) is 10.4. The normalized spacial score (nSPS) is 9.43. The van der Waals surface area contributed by atoms with Crippen molar-refractivity contribution in [2.24, 2.45) is 16.5 Å². The summed E-state index contributed by atoms with van der Waals surface area (Å²) in [4.78, 5) is 36.6. The molecule has 0 spiro atoms. The number of urea groups is 1. The second-order valence-electron chi connectivity index (χ2n) is 3.82. The van der Waals surface area contributed by atoms with Crippen LogP contribution in [-0.4, -0.2) is 23.9 Å². The Kier molecular flexibility index (Phi) is 5.24. The zero-order valence-electron chi connectivity index (χ0n) is 11.4. The van der Waals surface area contributed by atoms with Gasteiger partial charge in [0.15, 0.2) is 17.5 Å². The fourth-order valence-corrected chi connectivity index (χ4v) is 1.33. The SMILES string of the molecule is CC(=O)Oc1ccc(NC(=O)N=C(N)N)cc1OC(C)=O. The Bertz CT molecular complexity index is 608. The third-order valence-corrected chi connectivity index (χ3v) is 1.93. The van der Waals surface area contributed by atoms with Crippen LogP contribution in [0.5, 0.6) is 11.5 Å². The van der Waals surface area contributed by atoms with Crippen LogP contribution in [-0.2, 0) is 9.59 Å². The summed E-state index contributed by atoms with van der Waals surface area (Å²) in [7, 11) is 0. The molecule has 0 saturated carbocycles. The van der Waals surface area contributed by atoms with Crippen LogP contribution < -0.4 is 26.3 Å². The van der Waals surface area contributed by atoms with E-state index in [0.717, 1.165) is 0 Å². The van der Waals surface area contributed by atoms with Gasteiger partial charge in [0, 0.05) is 25.6 Å². The molecule has 0 atom stereocenters. The molecule has 9 heteroatoms. The van der Waals surface area contributed by atoms with Gasteiger partial charge in [-0.3, -0.25) is 9.59 Å². The number of hydrogen-bond acceptors (Lipinski definition) is 5. The van der Waals surface area contributed by atoms with Crippen molar-refractivity contribution in [3.63, 3.8) is 0 Å². The van der Waals surface area contributed by atoms with Crippen molar-refractivity contribution in [3.05, 3.63) is 18.2 Å². The number of amides is 2. The first-order valence-electron chi connectivity index (χ1n) is 5.69. The molecule has 1 aromatic carbocycles. The minimum atomic E-state index is -0.802. The molecule has 1 aromatic rings. The number of carbonyl (C=O) groups is 3. The highest BCUT2D eigenvalue weighted by molar-refractivity contribution is 5.98. The Hall–Kier alpha value is -3.10. The number of benzene rings is 1. The lowest BCUT2D eigenvalue weighted by Crippen LogP contribution is -2.25. The van der Waals surface area contributed by atoms with E-state index in [9.17, 15) is 14.4 Å². The molecule has 0 aromatic heterocycles. The summed E-state index contributed by atoms with van der Waals surface area (Å²) in [6.45, 7) is 2.38. The zero-order valence-corrected chi connectivity index (χ0v) is 11.4. The Morgan fingerprint density at radius 3 is 2.14 bits per heavy atom. The summed E-state index contributed by atoms with van der Waals surface area (Å²) in [5.74, 6) is -1.58. The molecule has 0 heterocycles. The molecule has 0 unspecified atom stereocenters. The van der Waals surface area contributed by atoms with Gasteiger partial charge in [0.2, 0.25) is 0 Å². The number of ether oxygens (including phenoxy) is 2. The predicted molar refractivity (Wildman–Crippen MR) is 73.9 cm³/mol. The largest absolute Gasteiger partial charge is 0.423 e. The summed E-state index contributed by atoms with van der Waals surface area (Å²) in [6, 6.07) is 3.26. The van der Waals surface area contributed by atoms with Crippen molar-refractivity contribution >= 4 is 29.6 Å². The standard InChI is InChI=1S/C12H14N4O5/c1-6(17)20-9-4-3-8(5-10(9)21-7(2)18)15-12(19)16-11(13)14/h3-5H,1-2H3,(H5,13,14,15,16,19). The van der Waals surface area contributed by atoms with Gasteiger partial charge in [0.05, 0.1) is 0 Å². The Morgan fingerprint density at radius 2 is 1.62 bits per heavy atom. The van der Waals surface area contributed by atoms with Crippen LogP contribution >= 0.6 is 0 Å². The topological polar surface area (TPSA) is 146 Å². The van der Waals surface area contributed by atoms with Crippen molar-refractivity contribution in [3.8, 4) is 11.5 Å². The van der Waals surface area contributed by atoms with Gasteiger partial charge in [-0.25, -0.2) is 4.79 Å². The van der Waals surface area contributed by atoms with Gasteiger partial charge < -0.3 is 26.3 Å². The second kappa shape index (κ2) is 6.89. The lowest BCUT2D eigenvalue weighted by molar-refractivity contribution is -0.134. The van der Waals surface area contributed by atoms with E-state index in [0.29, 0.717) is 0 Å². The Morgan fingerprint density at radius 1 is 1.05 bits per heavy atom. The summed E-state index contributed by atoms with van der Waals surface area (Å²) < 4.78 is 9.77. The first-order valence-corrected chi connectivity index (χ1v) is 5.69. The highest BCUT2D eigenvalue weighted by Crippen LogP contribution is 2.31. The number of aliphatic imine (C=N–C) groups is 1. The van der Waals surface area contributed by atoms with Gasteiger partial charge >= 0.3 is 18.0 Å². The molecule has 0 saturated heterocycles. The van der Waals surface area contributed by atoms with Crippen LogP contribution in [0, 0.1) is 0 Å². The fraction of sp³-hybridized carbons (Fsp3) is 0.167. The molecule has 0 aliphatic heterocycles. The molecular weight excluding hydrogens is 280 g/mol. The molecule has 1 rings (SSSR count). The first-order chi connectivity index (χ1) is 9.77. The molecule has 112 valence electrons. The quantitative estimate of drug-likeness (QED) is 0.315. The molecule has 0 fully saturated rings. The van der Waals surface area contributed by atoms with E-state index < -0.39 is 23.9 Å². The van der Waals surface area contributed by atoms with Crippen molar-refractivity contribution in [2.45, 2.75) is 13.8 Å². The van der Waals surface area contributed by atoms with Crippen LogP contribution in [0.3, 0.4) is 0 Å². The summed E-state index contributed by atoms with van der Waals surface area (Å²) in [5, 5.41) is 2.35. The van der Waals surface area contributed by atoms with Crippen molar-refractivity contribution in [2.75, 3.05) is 5.32 Å². The number of nitrogens with one attached hydrogen (secondary N) is 1. The van der Waals surface area contributed by atoms with Gasteiger partial charge in [0.1, 0.15) is 0 Å². The Balaban J connectivity index is 3.03. The van der Waals surface area contributed by atoms with E-state index in [-0.39, 0.29) is 17.2 Å². The lowest BCUT2D eigenvalue weighted by Gasteiger charge is -2.10. The van der Waals surface area contributed by atoms with Crippen LogP contribution in [0.2, 0.25) is 0 Å². The van der Waals surface area contributed by atoms with Gasteiger partial charge in [-0.15, -0.1) is 0 Å². The number of rotatable bonds is 3. The Labute approximate surface area is 119 Å². The molecule has 0 bridgehead atoms. The van der Waals surface area contributed by atoms with Crippen molar-refractivity contribution in [1.29, 1.82) is 0 Å². The average Bonchev–Trinajstić information content (AvgIpc) is 2.30. The van der Waals surface area contributed by atoms with Crippen molar-refractivity contribution in [1.82, 2.24) is 0 Å². The van der Waals surface area contributed by atoms with Gasteiger partial charge in [0.25, 0.3) is 0 Å². The number of guanidine groups is 1. The smallest absolute Gasteiger partial charge is 0.348 e. The van der Waals surface area contributed by atoms with Crippen LogP contribution in [0.4, 0.5) is 10.5 Å². The highest BCUT2D eigenvalue weighted by Gasteiger charge is 2.12. The third-order valence-electron chi connectivity index (χ3n) is 1.93. The molecule has 5 N–H and O–H groups in total. The maximum atomic E-state index is 11.4. The van der Waals surface area contributed by atoms with E-state index in [2.05, 4.69) is 10.3 Å². The number of nitrogens with zero attached hydrogens (tertiary/aromatic N) is 1. The van der Waals surface area contributed by atoms with Gasteiger partial charge in [-0.1, -0.05) is 0 Å². The minimum Gasteiger partial charge on any atom is -0.423 e. The average molecular weight is 294 g/mol. The van der Waals surface area contributed by atoms with E-state index in [4.69, 9.17) is 20.9 Å². The third kappa shape index (κ3) is 5.59. The zero-order chi connectivity index (χ0) is 16.0.